The van der Waals surface area contributed by atoms with Crippen molar-refractivity contribution in [3.63, 3.8) is 0 Å². The third kappa shape index (κ3) is 2.45. The summed E-state index contributed by atoms with van der Waals surface area (Å²) in [6, 6.07) is -0.316. The van der Waals surface area contributed by atoms with E-state index in [-0.39, 0.29) is 6.42 Å². The Bertz CT molecular complexity index is 245. The van der Waals surface area contributed by atoms with Crippen LogP contribution in [0, 0.1) is 0 Å². The van der Waals surface area contributed by atoms with Gasteiger partial charge in [-0.25, -0.2) is 0 Å². The molecule has 0 aromatic carbocycles. The van der Waals surface area contributed by atoms with Gasteiger partial charge in [0.2, 0.25) is 0 Å². The van der Waals surface area contributed by atoms with Crippen molar-refractivity contribution in [2.75, 3.05) is 6.61 Å². The molecule has 1 atom stereocenters. The molecular formula is C7H9F3N2O. The van der Waals surface area contributed by atoms with E-state index in [1.165, 1.54) is 18.5 Å². The summed E-state index contributed by atoms with van der Waals surface area (Å²) < 4.78 is 37.7. The maximum absolute atomic E-state index is 12.3. The summed E-state index contributed by atoms with van der Waals surface area (Å²) in [6.07, 6.45) is -2.23. The van der Waals surface area contributed by atoms with Crippen molar-refractivity contribution in [2.24, 2.45) is 0 Å². The third-order valence-corrected chi connectivity index (χ3v) is 1.62. The second-order valence-electron chi connectivity index (χ2n) is 2.56. The predicted molar refractivity (Wildman–Crippen MR) is 39.0 cm³/mol. The van der Waals surface area contributed by atoms with Gasteiger partial charge in [-0.2, -0.15) is 18.3 Å². The smallest absolute Gasteiger partial charge is 0.396 e. The van der Waals surface area contributed by atoms with Gasteiger partial charge in [0, 0.05) is 25.4 Å². The number of hydrogen-bond donors (Lipinski definition) is 1. The van der Waals surface area contributed by atoms with Gasteiger partial charge in [0.05, 0.1) is 0 Å². The molecule has 0 aliphatic carbocycles. The molecule has 0 saturated carbocycles. The first-order valence-corrected chi connectivity index (χ1v) is 3.72. The summed E-state index contributed by atoms with van der Waals surface area (Å²) in [4.78, 5) is 0. The van der Waals surface area contributed by atoms with Gasteiger partial charge >= 0.3 is 6.18 Å². The van der Waals surface area contributed by atoms with Crippen molar-refractivity contribution >= 4 is 0 Å². The minimum atomic E-state index is -4.37. The molecule has 1 aromatic rings. The Labute approximate surface area is 72.8 Å². The van der Waals surface area contributed by atoms with Crippen molar-refractivity contribution in [3.05, 3.63) is 18.5 Å². The largest absolute Gasteiger partial charge is 0.410 e. The summed E-state index contributed by atoms with van der Waals surface area (Å²) >= 11 is 0. The summed E-state index contributed by atoms with van der Waals surface area (Å²) in [5, 5.41) is 11.9. The number of aliphatic hydroxyl groups is 1. The highest BCUT2D eigenvalue weighted by molar-refractivity contribution is 4.84. The highest BCUT2D eigenvalue weighted by Gasteiger charge is 2.40. The quantitative estimate of drug-likeness (QED) is 0.789. The second kappa shape index (κ2) is 3.78. The SMILES string of the molecule is OCCC(n1cccn1)C(F)(F)F. The normalized spacial score (nSPS) is 14.5. The minimum absolute atomic E-state index is 0.370. The fourth-order valence-corrected chi connectivity index (χ4v) is 1.03. The molecule has 0 aliphatic heterocycles. The van der Waals surface area contributed by atoms with Gasteiger partial charge in [-0.05, 0) is 6.07 Å². The van der Waals surface area contributed by atoms with Gasteiger partial charge in [-0.3, -0.25) is 4.68 Å². The molecule has 1 N–H and O–H groups in total. The van der Waals surface area contributed by atoms with Crippen LogP contribution >= 0.6 is 0 Å². The molecule has 1 rings (SSSR count). The molecule has 3 nitrogen and oxygen atoms in total. The Morgan fingerprint density at radius 2 is 2.15 bits per heavy atom. The van der Waals surface area contributed by atoms with E-state index in [0.29, 0.717) is 0 Å². The Kier molecular flexibility index (Phi) is 2.92. The Morgan fingerprint density at radius 1 is 1.46 bits per heavy atom. The number of hydrogen-bond acceptors (Lipinski definition) is 2. The van der Waals surface area contributed by atoms with Crippen LogP contribution in [0.25, 0.3) is 0 Å². The summed E-state index contributed by atoms with van der Waals surface area (Å²) in [5.74, 6) is 0. The number of aromatic nitrogens is 2. The zero-order valence-corrected chi connectivity index (χ0v) is 6.70. The molecule has 0 aliphatic rings. The minimum Gasteiger partial charge on any atom is -0.396 e. The first-order chi connectivity index (χ1) is 6.05. The van der Waals surface area contributed by atoms with Gasteiger partial charge in [0.1, 0.15) is 6.04 Å². The van der Waals surface area contributed by atoms with Gasteiger partial charge in [0.15, 0.2) is 0 Å². The van der Waals surface area contributed by atoms with E-state index in [2.05, 4.69) is 5.10 Å². The molecule has 0 bridgehead atoms. The van der Waals surface area contributed by atoms with Crippen LogP contribution < -0.4 is 0 Å². The maximum atomic E-state index is 12.3. The number of aliphatic hydroxyl groups excluding tert-OH is 1. The Hall–Kier alpha value is -1.04. The number of halogens is 3. The molecule has 1 unspecified atom stereocenters. The third-order valence-electron chi connectivity index (χ3n) is 1.62. The molecule has 6 heteroatoms. The van der Waals surface area contributed by atoms with E-state index in [0.717, 1.165) is 4.68 Å². The molecule has 13 heavy (non-hydrogen) atoms. The number of nitrogens with zero attached hydrogens (tertiary/aromatic N) is 2. The lowest BCUT2D eigenvalue weighted by Crippen LogP contribution is -2.27. The standard InChI is InChI=1S/C7H9F3N2O/c8-7(9,10)6(2-5-13)12-4-1-3-11-12/h1,3-4,6,13H,2,5H2. The predicted octanol–water partition coefficient (Wildman–Crippen LogP) is 1.37. The fourth-order valence-electron chi connectivity index (χ4n) is 1.03. The maximum Gasteiger partial charge on any atom is 0.410 e. The molecule has 1 heterocycles. The lowest BCUT2D eigenvalue weighted by atomic mass is 10.2. The van der Waals surface area contributed by atoms with Gasteiger partial charge < -0.3 is 5.11 Å². The van der Waals surface area contributed by atoms with Crippen LogP contribution in [0.15, 0.2) is 18.5 Å². The second-order valence-corrected chi connectivity index (χ2v) is 2.56. The molecule has 1 aromatic heterocycles. The molecule has 0 radical (unpaired) electrons. The molecule has 0 saturated heterocycles. The van der Waals surface area contributed by atoms with E-state index in [9.17, 15) is 13.2 Å². The van der Waals surface area contributed by atoms with Gasteiger partial charge in [-0.1, -0.05) is 0 Å². The highest BCUT2D eigenvalue weighted by atomic mass is 19.4. The lowest BCUT2D eigenvalue weighted by molar-refractivity contribution is -0.173. The van der Waals surface area contributed by atoms with Crippen LogP contribution in [0.3, 0.4) is 0 Å². The lowest BCUT2D eigenvalue weighted by Gasteiger charge is -2.19. The topological polar surface area (TPSA) is 38.0 Å². The van der Waals surface area contributed by atoms with E-state index >= 15 is 0 Å². The van der Waals surface area contributed by atoms with E-state index < -0.39 is 18.8 Å². The van der Waals surface area contributed by atoms with Gasteiger partial charge in [0.25, 0.3) is 0 Å². The van der Waals surface area contributed by atoms with Crippen molar-refractivity contribution in [2.45, 2.75) is 18.6 Å². The van der Waals surface area contributed by atoms with Crippen LogP contribution in [0.2, 0.25) is 0 Å². The van der Waals surface area contributed by atoms with Crippen molar-refractivity contribution in [3.8, 4) is 0 Å². The van der Waals surface area contributed by atoms with Crippen molar-refractivity contribution in [1.29, 1.82) is 0 Å². The molecule has 0 amide bonds. The van der Waals surface area contributed by atoms with Crippen LogP contribution in [0.5, 0.6) is 0 Å². The summed E-state index contributed by atoms with van der Waals surface area (Å²) in [6.45, 7) is -0.510. The molecule has 74 valence electrons. The first kappa shape index (κ1) is 10.0. The van der Waals surface area contributed by atoms with Crippen molar-refractivity contribution < 1.29 is 18.3 Å². The monoisotopic (exact) mass is 194 g/mol. The number of alkyl halides is 3. The summed E-state index contributed by atoms with van der Waals surface area (Å²) in [7, 11) is 0. The highest BCUT2D eigenvalue weighted by Crippen LogP contribution is 2.32. The Morgan fingerprint density at radius 3 is 2.54 bits per heavy atom. The zero-order valence-electron chi connectivity index (χ0n) is 6.70. The summed E-state index contributed by atoms with van der Waals surface area (Å²) in [5.41, 5.74) is 0. The van der Waals surface area contributed by atoms with E-state index in [1.807, 2.05) is 0 Å². The van der Waals surface area contributed by atoms with Crippen LogP contribution in [-0.4, -0.2) is 27.7 Å². The molecule has 0 fully saturated rings. The molecular weight excluding hydrogens is 185 g/mol. The van der Waals surface area contributed by atoms with Crippen LogP contribution in [-0.2, 0) is 0 Å². The van der Waals surface area contributed by atoms with Gasteiger partial charge in [-0.15, -0.1) is 0 Å². The Balaban J connectivity index is 2.81. The average Bonchev–Trinajstić information content (AvgIpc) is 2.49. The van der Waals surface area contributed by atoms with E-state index in [4.69, 9.17) is 5.11 Å². The first-order valence-electron chi connectivity index (χ1n) is 3.72. The average molecular weight is 194 g/mol. The fraction of sp³-hybridized carbons (Fsp3) is 0.571. The van der Waals surface area contributed by atoms with E-state index in [1.54, 1.807) is 0 Å². The number of rotatable bonds is 3. The van der Waals surface area contributed by atoms with Crippen LogP contribution in [0.1, 0.15) is 12.5 Å². The van der Waals surface area contributed by atoms with Crippen molar-refractivity contribution in [1.82, 2.24) is 9.78 Å². The zero-order chi connectivity index (χ0) is 9.90. The van der Waals surface area contributed by atoms with Crippen LogP contribution in [0.4, 0.5) is 13.2 Å². The molecule has 0 spiro atoms.